The van der Waals surface area contributed by atoms with E-state index in [1.165, 1.54) is 4.90 Å². The summed E-state index contributed by atoms with van der Waals surface area (Å²) in [6.45, 7) is 16.3. The highest BCUT2D eigenvalue weighted by molar-refractivity contribution is 6.38. The molecule has 1 saturated heterocycles. The Bertz CT molecular complexity index is 1270. The fourth-order valence-corrected chi connectivity index (χ4v) is 5.10. The summed E-state index contributed by atoms with van der Waals surface area (Å²) in [4.78, 5) is 80.0. The molecule has 4 atom stereocenters. The van der Waals surface area contributed by atoms with Crippen molar-refractivity contribution < 1.29 is 43.0 Å². The van der Waals surface area contributed by atoms with E-state index >= 15 is 0 Å². The van der Waals surface area contributed by atoms with E-state index in [9.17, 15) is 28.8 Å². The zero-order valence-electron chi connectivity index (χ0n) is 29.8. The molecule has 0 aliphatic carbocycles. The molecule has 48 heavy (non-hydrogen) atoms. The van der Waals surface area contributed by atoms with Crippen molar-refractivity contribution in [3.63, 3.8) is 0 Å². The minimum absolute atomic E-state index is 0.0132. The molecule has 2 rings (SSSR count). The molecule has 1 aliphatic heterocycles. The summed E-state index contributed by atoms with van der Waals surface area (Å²) >= 11 is 0. The van der Waals surface area contributed by atoms with Crippen LogP contribution in [-0.2, 0) is 44.8 Å². The van der Waals surface area contributed by atoms with E-state index in [0.29, 0.717) is 6.42 Å². The molecule has 1 aromatic rings. The third kappa shape index (κ3) is 13.2. The van der Waals surface area contributed by atoms with Crippen LogP contribution in [-0.4, -0.2) is 90.0 Å². The van der Waals surface area contributed by atoms with Crippen LogP contribution in [0.5, 0.6) is 0 Å². The lowest BCUT2D eigenvalue weighted by atomic mass is 9.85. The Labute approximate surface area is 284 Å². The number of hydrogen-bond donors (Lipinski definition) is 3. The maximum absolute atomic E-state index is 14.1. The number of ether oxygens (including phenoxy) is 3. The molecule has 0 bridgehead atoms. The third-order valence-corrected chi connectivity index (χ3v) is 7.36. The number of carbonyl (C=O) groups excluding carboxylic acids is 6. The number of likely N-dealkylation sites (tertiary alicyclic amines) is 1. The highest BCUT2D eigenvalue weighted by atomic mass is 16.5. The van der Waals surface area contributed by atoms with Crippen LogP contribution in [0.2, 0.25) is 0 Å². The molecule has 4 amide bonds. The smallest absolute Gasteiger partial charge is 0.407 e. The minimum Gasteiger partial charge on any atom is -0.460 e. The number of nitrogens with zero attached hydrogens (tertiary/aromatic N) is 1. The molecule has 0 aromatic heterocycles. The number of alkyl carbamates (subject to hydrolysis) is 1. The van der Waals surface area contributed by atoms with Crippen LogP contribution in [0.1, 0.15) is 87.1 Å². The van der Waals surface area contributed by atoms with Crippen LogP contribution < -0.4 is 16.0 Å². The lowest BCUT2D eigenvalue weighted by Crippen LogP contribution is -2.59. The molecule has 1 aliphatic rings. The molecular formula is C35H54N4O9. The number of amides is 4. The quantitative estimate of drug-likeness (QED) is 0.187. The molecular weight excluding hydrogens is 620 g/mol. The second kappa shape index (κ2) is 18.0. The second-order valence-corrected chi connectivity index (χ2v) is 14.6. The fourth-order valence-electron chi connectivity index (χ4n) is 5.10. The van der Waals surface area contributed by atoms with E-state index in [1.54, 1.807) is 52.0 Å². The van der Waals surface area contributed by atoms with Gasteiger partial charge in [0.1, 0.15) is 25.2 Å². The topological polar surface area (TPSA) is 169 Å². The normalized spacial score (nSPS) is 17.7. The largest absolute Gasteiger partial charge is 0.460 e. The van der Waals surface area contributed by atoms with Crippen molar-refractivity contribution in [2.24, 2.45) is 11.3 Å². The third-order valence-electron chi connectivity index (χ3n) is 7.36. The molecule has 3 N–H and O–H groups in total. The average molecular weight is 675 g/mol. The van der Waals surface area contributed by atoms with Gasteiger partial charge in [-0.2, -0.15) is 0 Å². The molecule has 13 heteroatoms. The van der Waals surface area contributed by atoms with Gasteiger partial charge in [0.05, 0.1) is 24.4 Å². The van der Waals surface area contributed by atoms with Crippen LogP contribution in [0.4, 0.5) is 4.79 Å². The predicted molar refractivity (Wildman–Crippen MR) is 178 cm³/mol. The van der Waals surface area contributed by atoms with Gasteiger partial charge in [0, 0.05) is 13.0 Å². The van der Waals surface area contributed by atoms with Gasteiger partial charge in [0.2, 0.25) is 17.6 Å². The Morgan fingerprint density at radius 1 is 0.938 bits per heavy atom. The van der Waals surface area contributed by atoms with Gasteiger partial charge in [0.25, 0.3) is 5.91 Å². The van der Waals surface area contributed by atoms with E-state index in [0.717, 1.165) is 5.56 Å². The number of esters is 1. The summed E-state index contributed by atoms with van der Waals surface area (Å²) in [5, 5.41) is 7.62. The lowest BCUT2D eigenvalue weighted by molar-refractivity contribution is -0.147. The van der Waals surface area contributed by atoms with Gasteiger partial charge in [-0.1, -0.05) is 78.3 Å². The standard InChI is InChI=1S/C35H54N4O9/c1-10-14-25(28(41)31(43)36-18-27(40)46-21-23-15-12-11-13-16-23)37-30(42)26-17-24(48-35(7,8)9)19-39(26)32(44)29(34(4,5)6)38-33(45)47-20-22(2)3/h11-13,15-16,22,24-26,29H,10,14,17-21H2,1-9H3,(H,36,43)(H,37,42)(H,38,45). The van der Waals surface area contributed by atoms with Crippen LogP contribution in [0.25, 0.3) is 0 Å². The summed E-state index contributed by atoms with van der Waals surface area (Å²) in [5.41, 5.74) is -0.558. The molecule has 268 valence electrons. The minimum atomic E-state index is -1.20. The Morgan fingerprint density at radius 3 is 2.15 bits per heavy atom. The SMILES string of the molecule is CCCC(NC(=O)C1CC(OC(C)(C)C)CN1C(=O)C(NC(=O)OCC(C)C)C(C)(C)C)C(=O)C(=O)NCC(=O)OCc1ccccc1. The molecule has 4 unspecified atom stereocenters. The fraction of sp³-hybridized carbons (Fsp3) is 0.657. The average Bonchev–Trinajstić information content (AvgIpc) is 3.41. The van der Waals surface area contributed by atoms with Gasteiger partial charge in [-0.15, -0.1) is 0 Å². The summed E-state index contributed by atoms with van der Waals surface area (Å²) < 4.78 is 16.6. The van der Waals surface area contributed by atoms with E-state index in [-0.39, 0.29) is 38.5 Å². The van der Waals surface area contributed by atoms with E-state index in [4.69, 9.17) is 14.2 Å². The highest BCUT2D eigenvalue weighted by Gasteiger charge is 2.46. The zero-order chi connectivity index (χ0) is 36.2. The van der Waals surface area contributed by atoms with Gasteiger partial charge in [-0.3, -0.25) is 24.0 Å². The Morgan fingerprint density at radius 2 is 1.58 bits per heavy atom. The van der Waals surface area contributed by atoms with Crippen LogP contribution in [0, 0.1) is 11.3 Å². The van der Waals surface area contributed by atoms with E-state index < -0.39 is 77.4 Å². The Hall–Kier alpha value is -4.00. The van der Waals surface area contributed by atoms with Gasteiger partial charge in [0.15, 0.2) is 0 Å². The van der Waals surface area contributed by atoms with Gasteiger partial charge < -0.3 is 35.1 Å². The molecule has 0 spiro atoms. The maximum atomic E-state index is 14.1. The first kappa shape index (κ1) is 40.2. The number of rotatable bonds is 15. The first-order valence-electron chi connectivity index (χ1n) is 16.6. The molecule has 1 aromatic carbocycles. The number of Topliss-reactive ketones (excluding diaryl/α,β-unsaturated/α-hetero) is 1. The van der Waals surface area contributed by atoms with Crippen molar-refractivity contribution in [2.75, 3.05) is 19.7 Å². The van der Waals surface area contributed by atoms with Crippen LogP contribution >= 0.6 is 0 Å². The zero-order valence-corrected chi connectivity index (χ0v) is 29.8. The van der Waals surface area contributed by atoms with Gasteiger partial charge in [-0.05, 0) is 44.1 Å². The first-order valence-corrected chi connectivity index (χ1v) is 16.6. The molecule has 0 saturated carbocycles. The van der Waals surface area contributed by atoms with Gasteiger partial charge in [-0.25, -0.2) is 4.79 Å². The van der Waals surface area contributed by atoms with Crippen molar-refractivity contribution in [1.29, 1.82) is 0 Å². The van der Waals surface area contributed by atoms with Crippen molar-refractivity contribution in [1.82, 2.24) is 20.9 Å². The summed E-state index contributed by atoms with van der Waals surface area (Å²) in [5.74, 6) is -3.75. The van der Waals surface area contributed by atoms with Crippen molar-refractivity contribution >= 4 is 35.6 Å². The predicted octanol–water partition coefficient (Wildman–Crippen LogP) is 3.28. The summed E-state index contributed by atoms with van der Waals surface area (Å²) in [6, 6.07) is 5.70. The number of ketones is 1. The highest BCUT2D eigenvalue weighted by Crippen LogP contribution is 2.29. The molecule has 1 heterocycles. The number of nitrogens with one attached hydrogen (secondary N) is 3. The van der Waals surface area contributed by atoms with Crippen molar-refractivity contribution in [2.45, 2.75) is 118 Å². The van der Waals surface area contributed by atoms with E-state index in [1.807, 2.05) is 40.7 Å². The van der Waals surface area contributed by atoms with E-state index in [2.05, 4.69) is 16.0 Å². The molecule has 13 nitrogen and oxygen atoms in total. The lowest BCUT2D eigenvalue weighted by Gasteiger charge is -2.35. The number of hydrogen-bond acceptors (Lipinski definition) is 9. The van der Waals surface area contributed by atoms with Crippen molar-refractivity contribution in [3.8, 4) is 0 Å². The maximum Gasteiger partial charge on any atom is 0.407 e. The summed E-state index contributed by atoms with van der Waals surface area (Å²) in [6.07, 6.45) is -0.518. The van der Waals surface area contributed by atoms with Crippen LogP contribution in [0.15, 0.2) is 30.3 Å². The first-order chi connectivity index (χ1) is 22.3. The summed E-state index contributed by atoms with van der Waals surface area (Å²) in [7, 11) is 0. The number of carbonyl (C=O) groups is 6. The Balaban J connectivity index is 2.19. The number of benzene rings is 1. The van der Waals surface area contributed by atoms with Crippen LogP contribution in [0.3, 0.4) is 0 Å². The Kier molecular flexibility index (Phi) is 15.0. The molecule has 1 fully saturated rings. The van der Waals surface area contributed by atoms with Crippen molar-refractivity contribution in [3.05, 3.63) is 35.9 Å². The monoisotopic (exact) mass is 674 g/mol. The second-order valence-electron chi connectivity index (χ2n) is 14.6. The molecule has 0 radical (unpaired) electrons. The van der Waals surface area contributed by atoms with Gasteiger partial charge >= 0.3 is 12.1 Å².